The van der Waals surface area contributed by atoms with E-state index in [-0.39, 0.29) is 37.2 Å². The van der Waals surface area contributed by atoms with Crippen molar-refractivity contribution in [2.45, 2.75) is 43.5 Å². The third-order valence-corrected chi connectivity index (χ3v) is 1.41. The van der Waals surface area contributed by atoms with Crippen LogP contribution in [0.5, 0.6) is 0 Å². The molecule has 0 aliphatic rings. The summed E-state index contributed by atoms with van der Waals surface area (Å²) in [7, 11) is 0. The molecule has 0 aromatic rings. The predicted molar refractivity (Wildman–Crippen MR) is 79.6 cm³/mol. The molecule has 6 radical (unpaired) electrons. The van der Waals surface area contributed by atoms with Crippen molar-refractivity contribution < 1.29 is 0 Å². The first-order valence-corrected chi connectivity index (χ1v) is 6.65. The Balaban J connectivity index is -0.0000000162. The van der Waals surface area contributed by atoms with Crippen molar-refractivity contribution in [1.82, 2.24) is 0 Å². The largest absolute Gasteiger partial charge is 0.147 e. The lowest BCUT2D eigenvalue weighted by atomic mass is 10.3. The third kappa shape index (κ3) is 131. The number of halogens is 3. The molecule has 0 bridgehead atoms. The van der Waals surface area contributed by atoms with E-state index in [0.29, 0.717) is 0 Å². The highest BCUT2D eigenvalue weighted by molar-refractivity contribution is 6.08. The average Bonchev–Trinajstić information content (AvgIpc) is 1.91. The summed E-state index contributed by atoms with van der Waals surface area (Å²) in [4.78, 5) is 0. The molecular weight excluding hydrogens is 283 g/mol. The van der Waals surface area contributed by atoms with Crippen LogP contribution < -0.4 is 0 Å². The molecule has 0 nitrogen and oxygen atoms in total. The molecule has 0 N–H and O–H groups in total. The van der Waals surface area contributed by atoms with Crippen molar-refractivity contribution in [3.63, 3.8) is 0 Å². The lowest BCUT2D eigenvalue weighted by Gasteiger charge is -1.91. The SMILES string of the molecule is CC(C)[CH2][Al].C[CH2][Al].C[CH2][Al].Cl.Cl.Cl. The Labute approximate surface area is 134 Å². The second-order valence-electron chi connectivity index (χ2n) is 2.45. The van der Waals surface area contributed by atoms with Crippen LogP contribution in [-0.2, 0) is 0 Å². The van der Waals surface area contributed by atoms with E-state index in [2.05, 4.69) is 76.6 Å². The van der Waals surface area contributed by atoms with Gasteiger partial charge in [-0.1, -0.05) is 33.6 Å². The van der Waals surface area contributed by atoms with Gasteiger partial charge in [0, 0.05) is 0 Å². The van der Waals surface area contributed by atoms with Gasteiger partial charge in [0.25, 0.3) is 0 Å². The molecule has 14 heavy (non-hydrogen) atoms. The van der Waals surface area contributed by atoms with Gasteiger partial charge >= 0.3 is 0 Å². The summed E-state index contributed by atoms with van der Waals surface area (Å²) in [6, 6.07) is 0. The van der Waals surface area contributed by atoms with Gasteiger partial charge in [-0.25, -0.2) is 0 Å². The van der Waals surface area contributed by atoms with Crippen LogP contribution in [0.1, 0.15) is 27.7 Å². The zero-order valence-corrected chi connectivity index (χ0v) is 15.6. The highest BCUT2D eigenvalue weighted by atomic mass is 35.5. The van der Waals surface area contributed by atoms with E-state index in [1.165, 1.54) is 15.8 Å². The van der Waals surface area contributed by atoms with E-state index < -0.39 is 0 Å². The molecule has 0 unspecified atom stereocenters. The van der Waals surface area contributed by atoms with Crippen molar-refractivity contribution in [3.05, 3.63) is 0 Å². The Morgan fingerprint density at radius 3 is 0.857 bits per heavy atom. The zero-order valence-electron chi connectivity index (χ0n) is 9.66. The Bertz CT molecular complexity index is 46.8. The average molecular weight is 306 g/mol. The van der Waals surface area contributed by atoms with E-state index in [1.807, 2.05) is 0 Å². The topological polar surface area (TPSA) is 0 Å². The molecule has 84 valence electrons. The maximum atomic E-state index is 2.69. The smallest absolute Gasteiger partial charge is 0.118 e. The Morgan fingerprint density at radius 2 is 0.857 bits per heavy atom. The molecule has 6 heteroatoms. The fourth-order valence-corrected chi connectivity index (χ4v) is 0. The second-order valence-corrected chi connectivity index (χ2v) is 4.55. The van der Waals surface area contributed by atoms with E-state index in [1.54, 1.807) is 0 Å². The van der Waals surface area contributed by atoms with Crippen LogP contribution in [0, 0.1) is 5.92 Å². The minimum Gasteiger partial charge on any atom is -0.147 e. The minimum atomic E-state index is 0. The van der Waals surface area contributed by atoms with Gasteiger partial charge in [0.05, 0.1) is 0 Å². The highest BCUT2D eigenvalue weighted by Crippen LogP contribution is 1.92. The van der Waals surface area contributed by atoms with Gasteiger partial charge in [-0.05, 0) is 0 Å². The Morgan fingerprint density at radius 1 is 0.786 bits per heavy atom. The van der Waals surface area contributed by atoms with E-state index in [0.717, 1.165) is 5.92 Å². The summed E-state index contributed by atoms with van der Waals surface area (Å²) >= 11 is 7.85. The molecule has 0 amide bonds. The van der Waals surface area contributed by atoms with E-state index in [9.17, 15) is 0 Å². The van der Waals surface area contributed by atoms with Gasteiger partial charge < -0.3 is 0 Å². The monoisotopic (exact) mass is 304 g/mol. The fourth-order valence-electron chi connectivity index (χ4n) is 0. The van der Waals surface area contributed by atoms with Crippen LogP contribution in [0.25, 0.3) is 0 Å². The van der Waals surface area contributed by atoms with Crippen LogP contribution in [0.2, 0.25) is 15.8 Å². The maximum absolute atomic E-state index is 2.69. The predicted octanol–water partition coefficient (Wildman–Crippen LogP) is 3.68. The summed E-state index contributed by atoms with van der Waals surface area (Å²) in [6.07, 6.45) is 0. The summed E-state index contributed by atoms with van der Waals surface area (Å²) in [5, 5.41) is 3.56. The lowest BCUT2D eigenvalue weighted by Crippen LogP contribution is -1.80. The molecule has 0 aromatic heterocycles. The molecule has 0 aromatic carbocycles. The van der Waals surface area contributed by atoms with Crippen LogP contribution in [0.3, 0.4) is 0 Å². The Kier molecular flexibility index (Phi) is 116. The molecule has 0 aliphatic heterocycles. The summed E-state index contributed by atoms with van der Waals surface area (Å²) in [5.74, 6) is 0.847. The zero-order chi connectivity index (χ0) is 9.70. The first-order valence-electron chi connectivity index (χ1n) is 4.20. The number of hydrogen-bond donors (Lipinski definition) is 0. The van der Waals surface area contributed by atoms with E-state index in [4.69, 9.17) is 0 Å². The minimum absolute atomic E-state index is 0. The fraction of sp³-hybridized carbons (Fsp3) is 1.00. The molecule has 0 rings (SSSR count). The van der Waals surface area contributed by atoms with Gasteiger partial charge in [-0.3, -0.25) is 0 Å². The van der Waals surface area contributed by atoms with Gasteiger partial charge in [0.15, 0.2) is 0 Å². The first-order chi connectivity index (χ1) is 5.10. The van der Waals surface area contributed by atoms with Gasteiger partial charge in [-0.15, -0.1) is 53.1 Å². The molecular formula is C8H22Al3Cl3. The number of hydrogen-bond acceptors (Lipinski definition) is 0. The van der Waals surface area contributed by atoms with Gasteiger partial charge in [0.2, 0.25) is 0 Å². The lowest BCUT2D eigenvalue weighted by molar-refractivity contribution is 0.735. The maximum Gasteiger partial charge on any atom is 0.118 e. The van der Waals surface area contributed by atoms with Crippen molar-refractivity contribution in [2.24, 2.45) is 5.92 Å². The normalized spacial score (nSPS) is 5.79. The van der Waals surface area contributed by atoms with Crippen molar-refractivity contribution in [1.29, 1.82) is 0 Å². The summed E-state index contributed by atoms with van der Waals surface area (Å²) in [6.45, 7) is 8.58. The molecule has 0 aliphatic carbocycles. The van der Waals surface area contributed by atoms with Crippen LogP contribution in [-0.4, -0.2) is 48.9 Å². The van der Waals surface area contributed by atoms with Crippen molar-refractivity contribution >= 4 is 86.1 Å². The van der Waals surface area contributed by atoms with Gasteiger partial charge in [0.1, 0.15) is 48.9 Å². The standard InChI is InChI=1S/C4H9.2C2H5.3Al.3ClH/c1-4(2)3;2*1-2;;;;;;/h4H,1H2,2-3H3;2*1H2,2H3;;;;3*1H. The quantitative estimate of drug-likeness (QED) is 0.648. The summed E-state index contributed by atoms with van der Waals surface area (Å²) < 4.78 is 0. The van der Waals surface area contributed by atoms with Crippen LogP contribution in [0.15, 0.2) is 0 Å². The molecule has 0 atom stereocenters. The molecule has 0 saturated carbocycles. The van der Waals surface area contributed by atoms with E-state index >= 15 is 0 Å². The highest BCUT2D eigenvalue weighted by Gasteiger charge is 1.79. The Hall–Kier alpha value is 2.47. The molecule has 0 saturated heterocycles. The van der Waals surface area contributed by atoms with Crippen molar-refractivity contribution in [2.75, 3.05) is 0 Å². The van der Waals surface area contributed by atoms with Crippen molar-refractivity contribution in [3.8, 4) is 0 Å². The first kappa shape index (κ1) is 36.0. The third-order valence-electron chi connectivity index (χ3n) is 0.471. The second kappa shape index (κ2) is 45.2. The molecule has 0 spiro atoms. The molecule has 0 fully saturated rings. The summed E-state index contributed by atoms with van der Waals surface area (Å²) in [5.41, 5.74) is 0. The van der Waals surface area contributed by atoms with Crippen LogP contribution >= 0.6 is 37.2 Å². The number of rotatable bonds is 1. The molecule has 0 heterocycles. The van der Waals surface area contributed by atoms with Crippen LogP contribution in [0.4, 0.5) is 0 Å². The van der Waals surface area contributed by atoms with Gasteiger partial charge in [-0.2, -0.15) is 0 Å².